The SMILES string of the molecule is O=C1CC2C(=O)OC3[C@@H](O)C(OC(=O)c4c(cc(O)c(O)c4O)C2C(C(=O)O)O1)[C@H](O)O[C@@H]3CO. The van der Waals surface area contributed by atoms with Gasteiger partial charge in [0.25, 0.3) is 0 Å². The van der Waals surface area contributed by atoms with Gasteiger partial charge in [-0.2, -0.15) is 0 Å². The number of phenolic OH excluding ortho intramolecular Hbond substituents is 3. The minimum atomic E-state index is -2.12. The lowest BCUT2D eigenvalue weighted by atomic mass is 9.76. The van der Waals surface area contributed by atoms with Crippen LogP contribution in [0.15, 0.2) is 6.07 Å². The van der Waals surface area contributed by atoms with Crippen LogP contribution in [-0.4, -0.2) is 103 Å². The summed E-state index contributed by atoms with van der Waals surface area (Å²) in [6.07, 6.45) is -12.1. The van der Waals surface area contributed by atoms with Gasteiger partial charge in [0.2, 0.25) is 11.9 Å². The highest BCUT2D eigenvalue weighted by atomic mass is 16.7. The van der Waals surface area contributed by atoms with Crippen LogP contribution < -0.4 is 0 Å². The first-order valence-corrected chi connectivity index (χ1v) is 10.2. The predicted octanol–water partition coefficient (Wildman–Crippen LogP) is -2.58. The van der Waals surface area contributed by atoms with Gasteiger partial charge >= 0.3 is 23.9 Å². The molecule has 0 spiro atoms. The van der Waals surface area contributed by atoms with Crippen molar-refractivity contribution in [1.82, 2.24) is 0 Å². The Balaban J connectivity index is 1.97. The van der Waals surface area contributed by atoms with Crippen molar-refractivity contribution in [2.45, 2.75) is 49.1 Å². The fourth-order valence-electron chi connectivity index (χ4n) is 4.47. The normalized spacial score (nSPS) is 34.9. The van der Waals surface area contributed by atoms with Gasteiger partial charge in [0.1, 0.15) is 17.8 Å². The van der Waals surface area contributed by atoms with E-state index in [-0.39, 0.29) is 0 Å². The molecule has 2 bridgehead atoms. The van der Waals surface area contributed by atoms with Crippen molar-refractivity contribution in [3.05, 3.63) is 17.2 Å². The Morgan fingerprint density at radius 2 is 1.69 bits per heavy atom. The predicted molar refractivity (Wildman–Crippen MR) is 103 cm³/mol. The number of cyclic esters (lactones) is 1. The molecule has 35 heavy (non-hydrogen) atoms. The summed E-state index contributed by atoms with van der Waals surface area (Å²) in [5, 5.41) is 70.6. The van der Waals surface area contributed by atoms with Gasteiger partial charge in [-0.25, -0.2) is 9.59 Å². The molecule has 3 aliphatic rings. The van der Waals surface area contributed by atoms with E-state index < -0.39 is 114 Å². The van der Waals surface area contributed by atoms with Gasteiger partial charge in [0, 0.05) is 5.92 Å². The van der Waals surface area contributed by atoms with Crippen molar-refractivity contribution in [2.24, 2.45) is 5.92 Å². The number of phenols is 3. The molecule has 7 N–H and O–H groups in total. The van der Waals surface area contributed by atoms with Crippen molar-refractivity contribution < 1.29 is 73.9 Å². The van der Waals surface area contributed by atoms with Crippen LogP contribution in [0.4, 0.5) is 0 Å². The molecule has 190 valence electrons. The number of aromatic hydroxyl groups is 3. The van der Waals surface area contributed by atoms with Crippen LogP contribution in [0.3, 0.4) is 0 Å². The zero-order chi connectivity index (χ0) is 25.8. The Bertz CT molecular complexity index is 1080. The van der Waals surface area contributed by atoms with E-state index in [0.717, 1.165) is 0 Å². The Hall–Kier alpha value is -3.66. The number of carbonyl (C=O) groups is 4. The van der Waals surface area contributed by atoms with Crippen LogP contribution in [0, 0.1) is 5.92 Å². The van der Waals surface area contributed by atoms with Crippen molar-refractivity contribution in [3.63, 3.8) is 0 Å². The van der Waals surface area contributed by atoms with Crippen molar-refractivity contribution in [2.75, 3.05) is 6.61 Å². The maximum absolute atomic E-state index is 13.2. The second kappa shape index (κ2) is 8.84. The largest absolute Gasteiger partial charge is 0.504 e. The quantitative estimate of drug-likeness (QED) is 0.125. The number of hydrogen-bond acceptors (Lipinski definition) is 14. The van der Waals surface area contributed by atoms with E-state index in [0.29, 0.717) is 6.07 Å². The summed E-state index contributed by atoms with van der Waals surface area (Å²) in [5.41, 5.74) is -1.50. The van der Waals surface area contributed by atoms with Crippen LogP contribution in [-0.2, 0) is 33.3 Å². The molecule has 15 nitrogen and oxygen atoms in total. The third kappa shape index (κ3) is 3.97. The lowest BCUT2D eigenvalue weighted by Crippen LogP contribution is -2.61. The fraction of sp³-hybridized carbons (Fsp3) is 0.500. The number of fused-ring (bicyclic) bond motifs is 5. The number of aliphatic hydroxyl groups is 3. The van der Waals surface area contributed by atoms with Crippen LogP contribution in [0.1, 0.15) is 28.3 Å². The zero-order valence-corrected chi connectivity index (χ0v) is 17.5. The number of ether oxygens (including phenoxy) is 4. The first-order valence-electron chi connectivity index (χ1n) is 10.2. The molecular weight excluding hydrogens is 480 g/mol. The molecule has 5 unspecified atom stereocenters. The fourth-order valence-corrected chi connectivity index (χ4v) is 4.47. The third-order valence-electron chi connectivity index (χ3n) is 6.11. The lowest BCUT2D eigenvalue weighted by Gasteiger charge is -2.41. The molecule has 0 aromatic heterocycles. The van der Waals surface area contributed by atoms with Crippen molar-refractivity contribution in [3.8, 4) is 17.2 Å². The summed E-state index contributed by atoms with van der Waals surface area (Å²) in [6.45, 7) is -0.872. The highest BCUT2D eigenvalue weighted by Gasteiger charge is 2.54. The maximum Gasteiger partial charge on any atom is 0.345 e. The van der Waals surface area contributed by atoms with E-state index in [4.69, 9.17) is 18.9 Å². The molecule has 4 rings (SSSR count). The Labute approximate surface area is 194 Å². The van der Waals surface area contributed by atoms with E-state index in [2.05, 4.69) is 0 Å². The number of aliphatic hydroxyl groups excluding tert-OH is 3. The molecule has 1 aromatic carbocycles. The minimum absolute atomic E-state index is 0.565. The molecular formula is C20H20O15. The van der Waals surface area contributed by atoms with Crippen LogP contribution in [0.5, 0.6) is 17.2 Å². The highest BCUT2D eigenvalue weighted by molar-refractivity contribution is 5.97. The van der Waals surface area contributed by atoms with Gasteiger partial charge in [-0.3, -0.25) is 9.59 Å². The Morgan fingerprint density at radius 3 is 2.31 bits per heavy atom. The average molecular weight is 500 g/mol. The number of benzene rings is 1. The first-order chi connectivity index (χ1) is 16.5. The molecule has 3 heterocycles. The Morgan fingerprint density at radius 1 is 1.00 bits per heavy atom. The number of rotatable bonds is 2. The van der Waals surface area contributed by atoms with Crippen molar-refractivity contribution in [1.29, 1.82) is 0 Å². The number of carbonyl (C=O) groups excluding carboxylic acids is 3. The number of carboxylic acids is 1. The molecule has 0 aliphatic carbocycles. The molecule has 2 fully saturated rings. The van der Waals surface area contributed by atoms with Gasteiger partial charge in [-0.15, -0.1) is 0 Å². The van der Waals surface area contributed by atoms with E-state index >= 15 is 0 Å². The van der Waals surface area contributed by atoms with Gasteiger partial charge in [0.05, 0.1) is 18.9 Å². The number of esters is 3. The van der Waals surface area contributed by atoms with Gasteiger partial charge in [-0.1, -0.05) is 0 Å². The number of aliphatic carboxylic acids is 1. The third-order valence-corrected chi connectivity index (χ3v) is 6.11. The highest BCUT2D eigenvalue weighted by Crippen LogP contribution is 2.48. The summed E-state index contributed by atoms with van der Waals surface area (Å²) in [4.78, 5) is 50.3. The smallest absolute Gasteiger partial charge is 0.345 e. The van der Waals surface area contributed by atoms with E-state index in [1.54, 1.807) is 0 Å². The second-order valence-corrected chi connectivity index (χ2v) is 8.15. The monoisotopic (exact) mass is 500 g/mol. The maximum atomic E-state index is 13.2. The minimum Gasteiger partial charge on any atom is -0.504 e. The summed E-state index contributed by atoms with van der Waals surface area (Å²) < 4.78 is 20.2. The first kappa shape index (κ1) is 24.5. The van der Waals surface area contributed by atoms with Gasteiger partial charge in [0.15, 0.2) is 30.0 Å². The van der Waals surface area contributed by atoms with Crippen molar-refractivity contribution >= 4 is 23.9 Å². The summed E-state index contributed by atoms with van der Waals surface area (Å²) >= 11 is 0. The molecule has 0 saturated carbocycles. The standard InChI is InChI=1S/C20H20O15/c21-3-7-14-13(26)16(20(31)32-7)35-19(30)10-4(1-6(22)11(24)12(10)25)9-5(18(29)34-14)2-8(23)33-15(9)17(27)28/h1,5,7,9,13-16,20-22,24-26,31H,2-3H2,(H,27,28)/t5?,7-,9?,13-,14?,15?,16?,20-/m1/s1. The number of carboxylic acid groups (broad SMARTS) is 1. The molecule has 0 amide bonds. The molecule has 1 aromatic rings. The molecule has 8 atom stereocenters. The van der Waals surface area contributed by atoms with Crippen LogP contribution in [0.25, 0.3) is 0 Å². The average Bonchev–Trinajstić information content (AvgIpc) is 2.80. The summed E-state index contributed by atoms with van der Waals surface area (Å²) in [5.74, 6) is -12.7. The zero-order valence-electron chi connectivity index (χ0n) is 17.5. The second-order valence-electron chi connectivity index (χ2n) is 8.15. The summed E-state index contributed by atoms with van der Waals surface area (Å²) in [7, 11) is 0. The molecule has 2 saturated heterocycles. The Kier molecular flexibility index (Phi) is 6.18. The molecule has 0 radical (unpaired) electrons. The topological polar surface area (TPSA) is 247 Å². The van der Waals surface area contributed by atoms with E-state index in [1.807, 2.05) is 0 Å². The van der Waals surface area contributed by atoms with Gasteiger partial charge in [-0.05, 0) is 11.6 Å². The van der Waals surface area contributed by atoms with E-state index in [9.17, 15) is 54.9 Å². The van der Waals surface area contributed by atoms with E-state index in [1.165, 1.54) is 0 Å². The van der Waals surface area contributed by atoms with Gasteiger partial charge < -0.3 is 54.7 Å². The molecule has 15 heteroatoms. The summed E-state index contributed by atoms with van der Waals surface area (Å²) in [6, 6.07) is 0.676. The number of hydrogen-bond donors (Lipinski definition) is 7. The lowest BCUT2D eigenvalue weighted by molar-refractivity contribution is -0.289. The van der Waals surface area contributed by atoms with Crippen LogP contribution in [0.2, 0.25) is 0 Å². The molecule has 3 aliphatic heterocycles. The van der Waals surface area contributed by atoms with Crippen LogP contribution >= 0.6 is 0 Å².